The summed E-state index contributed by atoms with van der Waals surface area (Å²) < 4.78 is 34.4. The third-order valence-corrected chi connectivity index (χ3v) is 4.01. The van der Waals surface area contributed by atoms with Crippen molar-refractivity contribution >= 4 is 46.4 Å². The summed E-state index contributed by atoms with van der Waals surface area (Å²) in [5.41, 5.74) is 0.416. The van der Waals surface area contributed by atoms with Crippen molar-refractivity contribution in [3.63, 3.8) is 0 Å². The van der Waals surface area contributed by atoms with E-state index < -0.39 is 12.5 Å². The van der Waals surface area contributed by atoms with Crippen LogP contribution in [0.4, 0.5) is 14.5 Å². The molecule has 0 spiro atoms. The first-order valence-electron chi connectivity index (χ1n) is 6.99. The molecule has 0 radical (unpaired) electrons. The van der Waals surface area contributed by atoms with E-state index in [0.29, 0.717) is 0 Å². The number of benzene rings is 2. The molecule has 0 heterocycles. The predicted octanol–water partition coefficient (Wildman–Crippen LogP) is 5.90. The first-order chi connectivity index (χ1) is 11.8. The summed E-state index contributed by atoms with van der Waals surface area (Å²) in [6, 6.07) is 6.64. The summed E-state index contributed by atoms with van der Waals surface area (Å²) in [6.07, 6.45) is 0. The molecule has 1 amide bonds. The molecule has 0 aromatic heterocycles. The van der Waals surface area contributed by atoms with Gasteiger partial charge in [0.25, 0.3) is 5.91 Å². The maximum absolute atomic E-state index is 12.4. The number of hydrogen-bond acceptors (Lipinski definition) is 3. The summed E-state index contributed by atoms with van der Waals surface area (Å²) in [4.78, 5) is 12.4. The quantitative estimate of drug-likeness (QED) is 0.603. The van der Waals surface area contributed by atoms with Crippen molar-refractivity contribution in [2.75, 3.05) is 11.9 Å². The van der Waals surface area contributed by atoms with Gasteiger partial charge >= 0.3 is 6.61 Å². The number of nitrogens with one attached hydrogen (secondary N) is 1. The van der Waals surface area contributed by atoms with Crippen molar-refractivity contribution in [1.29, 1.82) is 0 Å². The van der Waals surface area contributed by atoms with E-state index >= 15 is 0 Å². The Morgan fingerprint density at radius 2 is 1.76 bits per heavy atom. The number of carbonyl (C=O) groups excluding carboxylic acids is 1. The first-order valence-corrected chi connectivity index (χ1v) is 8.12. The Balaban J connectivity index is 2.27. The minimum atomic E-state index is -3.01. The number of alkyl halides is 2. The van der Waals surface area contributed by atoms with E-state index in [1.165, 1.54) is 30.3 Å². The Labute approximate surface area is 157 Å². The zero-order chi connectivity index (χ0) is 18.6. The van der Waals surface area contributed by atoms with E-state index in [1.54, 1.807) is 6.92 Å². The number of ether oxygens (including phenoxy) is 2. The molecule has 4 nitrogen and oxygen atoms in total. The third kappa shape index (κ3) is 5.11. The fourth-order valence-corrected chi connectivity index (χ4v) is 2.52. The van der Waals surface area contributed by atoms with Crippen LogP contribution < -0.4 is 14.8 Å². The van der Waals surface area contributed by atoms with Crippen LogP contribution in [0, 0.1) is 0 Å². The molecule has 0 fully saturated rings. The lowest BCUT2D eigenvalue weighted by Crippen LogP contribution is -2.13. The van der Waals surface area contributed by atoms with Crippen LogP contribution >= 0.6 is 34.8 Å². The molecule has 2 aromatic carbocycles. The number of hydrogen-bond donors (Lipinski definition) is 1. The topological polar surface area (TPSA) is 47.6 Å². The molecule has 0 saturated carbocycles. The summed E-state index contributed by atoms with van der Waals surface area (Å²) in [6.45, 7) is -1.12. The van der Waals surface area contributed by atoms with Crippen molar-refractivity contribution in [3.05, 3.63) is 51.0 Å². The van der Waals surface area contributed by atoms with Crippen LogP contribution in [-0.4, -0.2) is 19.1 Å². The largest absolute Gasteiger partial charge is 0.490 e. The van der Waals surface area contributed by atoms with Gasteiger partial charge in [-0.1, -0.05) is 34.8 Å². The SMILES string of the molecule is CCOc1cc(C(=O)Nc2cc(Cl)c(Cl)cc2Cl)ccc1OC(F)F. The molecular weight excluding hydrogens is 399 g/mol. The van der Waals surface area contributed by atoms with Crippen LogP contribution in [0.3, 0.4) is 0 Å². The average Bonchev–Trinajstić information content (AvgIpc) is 2.54. The van der Waals surface area contributed by atoms with Crippen LogP contribution in [0.5, 0.6) is 11.5 Å². The van der Waals surface area contributed by atoms with Gasteiger partial charge in [-0.05, 0) is 37.3 Å². The van der Waals surface area contributed by atoms with Crippen LogP contribution in [0.15, 0.2) is 30.3 Å². The molecule has 0 unspecified atom stereocenters. The van der Waals surface area contributed by atoms with Gasteiger partial charge in [-0.15, -0.1) is 0 Å². The molecule has 25 heavy (non-hydrogen) atoms. The number of rotatable bonds is 6. The second-order valence-corrected chi connectivity index (χ2v) is 5.89. The average molecular weight is 411 g/mol. The maximum atomic E-state index is 12.4. The molecule has 0 aliphatic carbocycles. The van der Waals surface area contributed by atoms with Gasteiger partial charge in [0.2, 0.25) is 0 Å². The zero-order valence-electron chi connectivity index (χ0n) is 12.8. The van der Waals surface area contributed by atoms with Gasteiger partial charge in [-0.3, -0.25) is 4.79 Å². The van der Waals surface area contributed by atoms with Crippen LogP contribution in [-0.2, 0) is 0 Å². The van der Waals surface area contributed by atoms with Gasteiger partial charge in [0, 0.05) is 5.56 Å². The van der Waals surface area contributed by atoms with Gasteiger partial charge in [-0.25, -0.2) is 0 Å². The lowest BCUT2D eigenvalue weighted by atomic mass is 10.2. The zero-order valence-corrected chi connectivity index (χ0v) is 15.1. The second kappa shape index (κ2) is 8.56. The first kappa shape index (κ1) is 19.6. The Kier molecular flexibility index (Phi) is 6.70. The molecule has 2 aromatic rings. The van der Waals surface area contributed by atoms with Crippen molar-refractivity contribution in [2.24, 2.45) is 0 Å². The Morgan fingerprint density at radius 1 is 1.08 bits per heavy atom. The molecule has 134 valence electrons. The van der Waals surface area contributed by atoms with Crippen LogP contribution in [0.25, 0.3) is 0 Å². The standard InChI is InChI=1S/C16H12Cl3F2NO3/c1-2-24-14-5-8(3-4-13(14)25-16(20)21)15(23)22-12-7-10(18)9(17)6-11(12)19/h3-7,16H,2H2,1H3,(H,22,23). The fourth-order valence-electron chi connectivity index (χ4n) is 1.92. The summed E-state index contributed by atoms with van der Waals surface area (Å²) in [5, 5.41) is 3.23. The van der Waals surface area contributed by atoms with Gasteiger partial charge in [-0.2, -0.15) is 8.78 Å². The third-order valence-electron chi connectivity index (χ3n) is 2.98. The highest BCUT2D eigenvalue weighted by atomic mass is 35.5. The Bertz CT molecular complexity index is 787. The number of amides is 1. The lowest BCUT2D eigenvalue weighted by molar-refractivity contribution is -0.0514. The monoisotopic (exact) mass is 409 g/mol. The predicted molar refractivity (Wildman–Crippen MR) is 93.7 cm³/mol. The number of anilines is 1. The molecule has 9 heteroatoms. The van der Waals surface area contributed by atoms with E-state index in [0.717, 1.165) is 0 Å². The minimum Gasteiger partial charge on any atom is -0.490 e. The van der Waals surface area contributed by atoms with Gasteiger partial charge in [0.05, 0.1) is 27.4 Å². The molecular formula is C16H12Cl3F2NO3. The molecule has 0 aliphatic rings. The minimum absolute atomic E-state index is 0.0238. The summed E-state index contributed by atoms with van der Waals surface area (Å²) >= 11 is 17.7. The van der Waals surface area contributed by atoms with Crippen molar-refractivity contribution < 1.29 is 23.0 Å². The number of carbonyl (C=O) groups is 1. The highest BCUT2D eigenvalue weighted by molar-refractivity contribution is 6.44. The molecule has 0 atom stereocenters. The van der Waals surface area contributed by atoms with Crippen LogP contribution in [0.1, 0.15) is 17.3 Å². The van der Waals surface area contributed by atoms with E-state index in [9.17, 15) is 13.6 Å². The van der Waals surface area contributed by atoms with Gasteiger partial charge in [0.15, 0.2) is 11.5 Å². The van der Waals surface area contributed by atoms with Crippen molar-refractivity contribution in [3.8, 4) is 11.5 Å². The van der Waals surface area contributed by atoms with Crippen molar-refractivity contribution in [1.82, 2.24) is 0 Å². The van der Waals surface area contributed by atoms with E-state index in [1.807, 2.05) is 0 Å². The van der Waals surface area contributed by atoms with E-state index in [4.69, 9.17) is 39.5 Å². The van der Waals surface area contributed by atoms with Crippen molar-refractivity contribution in [2.45, 2.75) is 13.5 Å². The molecule has 2 rings (SSSR count). The molecule has 0 aliphatic heterocycles. The summed E-state index contributed by atoms with van der Waals surface area (Å²) in [5.74, 6) is -0.679. The molecule has 0 saturated heterocycles. The van der Waals surface area contributed by atoms with Gasteiger partial charge in [0.1, 0.15) is 0 Å². The van der Waals surface area contributed by atoms with E-state index in [-0.39, 0.29) is 44.4 Å². The lowest BCUT2D eigenvalue weighted by Gasteiger charge is -2.13. The van der Waals surface area contributed by atoms with Crippen LogP contribution in [0.2, 0.25) is 15.1 Å². The highest BCUT2D eigenvalue weighted by Gasteiger charge is 2.16. The number of halogens is 5. The Morgan fingerprint density at radius 3 is 2.40 bits per heavy atom. The van der Waals surface area contributed by atoms with Gasteiger partial charge < -0.3 is 14.8 Å². The summed E-state index contributed by atoms with van der Waals surface area (Å²) in [7, 11) is 0. The molecule has 1 N–H and O–H groups in total. The second-order valence-electron chi connectivity index (χ2n) is 4.67. The Hall–Kier alpha value is -1.76. The molecule has 0 bridgehead atoms. The van der Waals surface area contributed by atoms with E-state index in [2.05, 4.69) is 10.1 Å². The normalized spacial score (nSPS) is 10.7. The maximum Gasteiger partial charge on any atom is 0.387 e. The highest BCUT2D eigenvalue weighted by Crippen LogP contribution is 2.33. The smallest absolute Gasteiger partial charge is 0.387 e. The fraction of sp³-hybridized carbons (Fsp3) is 0.188.